The van der Waals surface area contributed by atoms with E-state index in [2.05, 4.69) is 61.4 Å². The average molecular weight is 389 g/mol. The van der Waals surface area contributed by atoms with E-state index in [0.717, 1.165) is 34.9 Å². The summed E-state index contributed by atoms with van der Waals surface area (Å²) in [4.78, 5) is 10.5. The molecule has 0 aliphatic carbocycles. The Hall–Kier alpha value is -3.05. The highest BCUT2D eigenvalue weighted by atomic mass is 16.7. The number of anilines is 4. The van der Waals surface area contributed by atoms with Gasteiger partial charge in [0.2, 0.25) is 0 Å². The van der Waals surface area contributed by atoms with Crippen LogP contribution in [-0.2, 0) is 4.84 Å². The van der Waals surface area contributed by atoms with Gasteiger partial charge in [0, 0.05) is 30.1 Å². The molecule has 1 aromatic heterocycles. The zero-order valence-electron chi connectivity index (χ0n) is 17.2. The number of hydrogen-bond donors (Lipinski definition) is 2. The van der Waals surface area contributed by atoms with Crippen molar-refractivity contribution in [1.82, 2.24) is 4.98 Å². The van der Waals surface area contributed by atoms with Crippen LogP contribution in [0.2, 0.25) is 0 Å². The molecule has 0 bridgehead atoms. The molecule has 4 rings (SSSR count). The lowest BCUT2D eigenvalue weighted by Crippen LogP contribution is -2.21. The topological polar surface area (TPSA) is 63.4 Å². The van der Waals surface area contributed by atoms with Gasteiger partial charge in [-0.25, -0.2) is 10.0 Å². The van der Waals surface area contributed by atoms with Crippen LogP contribution < -0.4 is 16.1 Å². The van der Waals surface area contributed by atoms with Crippen molar-refractivity contribution in [2.24, 2.45) is 0 Å². The summed E-state index contributed by atoms with van der Waals surface area (Å²) in [5, 5.41) is 5.42. The predicted octanol–water partition coefficient (Wildman–Crippen LogP) is 5.72. The molecule has 3 N–H and O–H groups in total. The van der Waals surface area contributed by atoms with E-state index in [9.17, 15) is 0 Å². The standard InChI is InChI=1S/C24H28N4O/c1-16(2)20-13-17(3)22(15-21(20)25)27-24-14-19(9-11-26-24)28-23(10-12-29-28)18-7-5-4-6-8-18/h4-9,11,13-16,23H,10,12,25H2,1-3H3,(H,26,27). The van der Waals surface area contributed by atoms with E-state index in [4.69, 9.17) is 10.6 Å². The Morgan fingerprint density at radius 1 is 1.14 bits per heavy atom. The monoisotopic (exact) mass is 388 g/mol. The van der Waals surface area contributed by atoms with Gasteiger partial charge < -0.3 is 11.1 Å². The number of aromatic nitrogens is 1. The molecule has 0 saturated carbocycles. The van der Waals surface area contributed by atoms with Gasteiger partial charge in [0.15, 0.2) is 0 Å². The molecule has 1 aliphatic rings. The minimum Gasteiger partial charge on any atom is -0.398 e. The Bertz CT molecular complexity index is 987. The Balaban J connectivity index is 1.59. The summed E-state index contributed by atoms with van der Waals surface area (Å²) in [6.07, 6.45) is 2.77. The second-order valence-electron chi connectivity index (χ2n) is 7.85. The Morgan fingerprint density at radius 2 is 1.93 bits per heavy atom. The zero-order chi connectivity index (χ0) is 20.4. The van der Waals surface area contributed by atoms with Gasteiger partial charge in [-0.1, -0.05) is 50.2 Å². The first-order valence-electron chi connectivity index (χ1n) is 10.1. The molecule has 0 radical (unpaired) electrons. The number of nitrogens with one attached hydrogen (secondary N) is 1. The third-order valence-corrected chi connectivity index (χ3v) is 5.40. The molecule has 2 aromatic carbocycles. The number of benzene rings is 2. The van der Waals surface area contributed by atoms with Crippen LogP contribution in [0.3, 0.4) is 0 Å². The molecule has 0 spiro atoms. The van der Waals surface area contributed by atoms with Gasteiger partial charge in [-0.3, -0.25) is 4.84 Å². The molecule has 150 valence electrons. The van der Waals surface area contributed by atoms with E-state index in [1.807, 2.05) is 35.5 Å². The van der Waals surface area contributed by atoms with Crippen LogP contribution in [0.15, 0.2) is 60.8 Å². The van der Waals surface area contributed by atoms with Crippen LogP contribution in [0.25, 0.3) is 0 Å². The van der Waals surface area contributed by atoms with Crippen LogP contribution in [0.5, 0.6) is 0 Å². The SMILES string of the molecule is Cc1cc(C(C)C)c(N)cc1Nc1cc(N2OCCC2c2ccccc2)ccn1. The van der Waals surface area contributed by atoms with Gasteiger partial charge in [-0.05, 0) is 41.7 Å². The number of aryl methyl sites for hydroxylation is 1. The van der Waals surface area contributed by atoms with Crippen LogP contribution >= 0.6 is 0 Å². The number of hydrogen-bond acceptors (Lipinski definition) is 5. The van der Waals surface area contributed by atoms with Crippen molar-refractivity contribution in [3.63, 3.8) is 0 Å². The van der Waals surface area contributed by atoms with Crippen LogP contribution in [0.1, 0.15) is 48.9 Å². The molecule has 29 heavy (non-hydrogen) atoms. The Morgan fingerprint density at radius 3 is 2.69 bits per heavy atom. The molecule has 1 unspecified atom stereocenters. The first-order chi connectivity index (χ1) is 14.0. The van der Waals surface area contributed by atoms with Crippen molar-refractivity contribution in [3.8, 4) is 0 Å². The summed E-state index contributed by atoms with van der Waals surface area (Å²) in [5.41, 5.74) is 12.6. The van der Waals surface area contributed by atoms with Gasteiger partial charge in [0.05, 0.1) is 18.3 Å². The lowest BCUT2D eigenvalue weighted by atomic mass is 9.98. The van der Waals surface area contributed by atoms with Gasteiger partial charge in [0.1, 0.15) is 5.82 Å². The van der Waals surface area contributed by atoms with Crippen molar-refractivity contribution in [3.05, 3.63) is 77.5 Å². The largest absolute Gasteiger partial charge is 0.398 e. The van der Waals surface area contributed by atoms with Gasteiger partial charge in [-0.15, -0.1) is 0 Å². The lowest BCUT2D eigenvalue weighted by Gasteiger charge is -2.25. The fraction of sp³-hybridized carbons (Fsp3) is 0.292. The molecular formula is C24H28N4O. The number of nitrogens with two attached hydrogens (primary N) is 1. The highest BCUT2D eigenvalue weighted by Gasteiger charge is 2.28. The summed E-state index contributed by atoms with van der Waals surface area (Å²) < 4.78 is 0. The number of hydroxylamine groups is 1. The van der Waals surface area contributed by atoms with Crippen molar-refractivity contribution >= 4 is 22.9 Å². The maximum atomic E-state index is 6.27. The molecule has 2 heterocycles. The molecule has 5 heteroatoms. The molecular weight excluding hydrogens is 360 g/mol. The highest BCUT2D eigenvalue weighted by molar-refractivity contribution is 5.69. The van der Waals surface area contributed by atoms with Gasteiger partial charge in [-0.2, -0.15) is 0 Å². The highest BCUT2D eigenvalue weighted by Crippen LogP contribution is 2.36. The third kappa shape index (κ3) is 4.05. The Labute approximate surface area is 172 Å². The van der Waals surface area contributed by atoms with E-state index in [0.29, 0.717) is 12.5 Å². The maximum Gasteiger partial charge on any atom is 0.132 e. The van der Waals surface area contributed by atoms with Crippen LogP contribution in [0, 0.1) is 6.92 Å². The number of pyridine rings is 1. The smallest absolute Gasteiger partial charge is 0.132 e. The number of rotatable bonds is 5. The number of nitrogen functional groups attached to an aromatic ring is 1. The fourth-order valence-corrected chi connectivity index (χ4v) is 3.85. The molecule has 5 nitrogen and oxygen atoms in total. The second kappa shape index (κ2) is 8.13. The fourth-order valence-electron chi connectivity index (χ4n) is 3.85. The van der Waals surface area contributed by atoms with E-state index < -0.39 is 0 Å². The zero-order valence-corrected chi connectivity index (χ0v) is 17.2. The Kier molecular flexibility index (Phi) is 5.41. The van der Waals surface area contributed by atoms with Crippen molar-refractivity contribution in [2.45, 2.75) is 39.2 Å². The lowest BCUT2D eigenvalue weighted by molar-refractivity contribution is 0.159. The first kappa shape index (κ1) is 19.3. The summed E-state index contributed by atoms with van der Waals surface area (Å²) in [5.74, 6) is 1.16. The summed E-state index contributed by atoms with van der Waals surface area (Å²) in [6.45, 7) is 7.11. The molecule has 1 fully saturated rings. The summed E-state index contributed by atoms with van der Waals surface area (Å²) in [7, 11) is 0. The average Bonchev–Trinajstić information content (AvgIpc) is 3.21. The molecule has 1 aliphatic heterocycles. The van der Waals surface area contributed by atoms with Crippen molar-refractivity contribution in [2.75, 3.05) is 22.7 Å². The van der Waals surface area contributed by atoms with Crippen molar-refractivity contribution in [1.29, 1.82) is 0 Å². The van der Waals surface area contributed by atoms with E-state index in [1.165, 1.54) is 11.1 Å². The van der Waals surface area contributed by atoms with Crippen LogP contribution in [0.4, 0.5) is 22.9 Å². The molecule has 3 aromatic rings. The van der Waals surface area contributed by atoms with Crippen molar-refractivity contribution < 1.29 is 4.84 Å². The molecule has 1 saturated heterocycles. The first-order valence-corrected chi connectivity index (χ1v) is 10.1. The summed E-state index contributed by atoms with van der Waals surface area (Å²) >= 11 is 0. The minimum absolute atomic E-state index is 0.203. The predicted molar refractivity (Wildman–Crippen MR) is 119 cm³/mol. The third-order valence-electron chi connectivity index (χ3n) is 5.40. The van der Waals surface area contributed by atoms with Crippen LogP contribution in [-0.4, -0.2) is 11.6 Å². The minimum atomic E-state index is 0.203. The summed E-state index contributed by atoms with van der Waals surface area (Å²) in [6, 6.07) is 18.8. The quantitative estimate of drug-likeness (QED) is 0.547. The molecule has 0 amide bonds. The van der Waals surface area contributed by atoms with E-state index in [-0.39, 0.29) is 6.04 Å². The normalized spacial score (nSPS) is 16.4. The van der Waals surface area contributed by atoms with Gasteiger partial charge >= 0.3 is 0 Å². The van der Waals surface area contributed by atoms with E-state index in [1.54, 1.807) is 0 Å². The van der Waals surface area contributed by atoms with E-state index >= 15 is 0 Å². The maximum absolute atomic E-state index is 6.27. The second-order valence-corrected chi connectivity index (χ2v) is 7.85. The van der Waals surface area contributed by atoms with Gasteiger partial charge in [0.25, 0.3) is 0 Å². The molecule has 1 atom stereocenters. The number of nitrogens with zero attached hydrogens (tertiary/aromatic N) is 2.